The highest BCUT2D eigenvalue weighted by molar-refractivity contribution is 5.82. The smallest absolute Gasteiger partial charge is 0.0878 e. The fourth-order valence-electron chi connectivity index (χ4n) is 1.73. The van der Waals surface area contributed by atoms with E-state index in [1.54, 1.807) is 7.11 Å². The van der Waals surface area contributed by atoms with Gasteiger partial charge < -0.3 is 4.74 Å². The Morgan fingerprint density at radius 3 is 2.60 bits per heavy atom. The lowest BCUT2D eigenvalue weighted by molar-refractivity contribution is 0.0204. The van der Waals surface area contributed by atoms with Crippen LogP contribution in [0, 0.1) is 0 Å². The maximum Gasteiger partial charge on any atom is 0.0878 e. The summed E-state index contributed by atoms with van der Waals surface area (Å²) >= 11 is 0. The van der Waals surface area contributed by atoms with Gasteiger partial charge in [-0.05, 0) is 31.5 Å². The van der Waals surface area contributed by atoms with Gasteiger partial charge in [-0.1, -0.05) is 18.2 Å². The number of pyridine rings is 1. The maximum absolute atomic E-state index is 5.50. The second-order valence-corrected chi connectivity index (χ2v) is 4.09. The van der Waals surface area contributed by atoms with Crippen molar-refractivity contribution < 1.29 is 4.74 Å². The molecule has 0 saturated carbocycles. The summed E-state index contributed by atoms with van der Waals surface area (Å²) in [6.07, 6.45) is 1.83. The molecule has 0 spiro atoms. The van der Waals surface area contributed by atoms with Gasteiger partial charge in [-0.3, -0.25) is 4.98 Å². The van der Waals surface area contributed by atoms with E-state index in [4.69, 9.17) is 4.74 Å². The zero-order valence-corrected chi connectivity index (χ0v) is 9.32. The molecule has 2 heteroatoms. The number of nitrogens with zero attached hydrogens (tertiary/aromatic N) is 1. The van der Waals surface area contributed by atoms with Crippen molar-refractivity contribution in [1.29, 1.82) is 0 Å². The fourth-order valence-corrected chi connectivity index (χ4v) is 1.73. The van der Waals surface area contributed by atoms with E-state index in [0.717, 1.165) is 10.9 Å². The lowest BCUT2D eigenvalue weighted by atomic mass is 9.95. The van der Waals surface area contributed by atoms with Crippen molar-refractivity contribution in [2.75, 3.05) is 7.11 Å². The monoisotopic (exact) mass is 201 g/mol. The van der Waals surface area contributed by atoms with E-state index in [2.05, 4.69) is 24.9 Å². The molecule has 0 aliphatic rings. The number of para-hydroxylation sites is 1. The van der Waals surface area contributed by atoms with Gasteiger partial charge in [-0.2, -0.15) is 0 Å². The highest BCUT2D eigenvalue weighted by atomic mass is 16.5. The Balaban J connectivity index is 2.71. The van der Waals surface area contributed by atoms with Gasteiger partial charge in [0.25, 0.3) is 0 Å². The number of methoxy groups -OCH3 is 1. The highest BCUT2D eigenvalue weighted by Crippen LogP contribution is 2.29. The van der Waals surface area contributed by atoms with Gasteiger partial charge in [0, 0.05) is 18.7 Å². The van der Waals surface area contributed by atoms with Crippen molar-refractivity contribution in [3.63, 3.8) is 0 Å². The average molecular weight is 201 g/mol. The van der Waals surface area contributed by atoms with Crippen LogP contribution in [0.25, 0.3) is 10.9 Å². The van der Waals surface area contributed by atoms with E-state index < -0.39 is 0 Å². The average Bonchev–Trinajstić information content (AvgIpc) is 2.28. The van der Waals surface area contributed by atoms with E-state index >= 15 is 0 Å². The van der Waals surface area contributed by atoms with Crippen LogP contribution in [0.5, 0.6) is 0 Å². The second-order valence-electron chi connectivity index (χ2n) is 4.09. The summed E-state index contributed by atoms with van der Waals surface area (Å²) in [6.45, 7) is 4.13. The minimum Gasteiger partial charge on any atom is -0.374 e. The lowest BCUT2D eigenvalue weighted by Crippen LogP contribution is -2.19. The van der Waals surface area contributed by atoms with Crippen molar-refractivity contribution in [3.05, 3.63) is 42.1 Å². The molecule has 1 heterocycles. The Bertz CT molecular complexity index is 471. The van der Waals surface area contributed by atoms with Crippen LogP contribution in [-0.2, 0) is 10.3 Å². The van der Waals surface area contributed by atoms with Crippen LogP contribution in [0.15, 0.2) is 36.5 Å². The summed E-state index contributed by atoms with van der Waals surface area (Å²) in [5, 5.41) is 1.16. The van der Waals surface area contributed by atoms with Crippen LogP contribution < -0.4 is 0 Å². The van der Waals surface area contributed by atoms with Crippen LogP contribution in [-0.4, -0.2) is 12.1 Å². The predicted octanol–water partition coefficient (Wildman–Crippen LogP) is 3.12. The van der Waals surface area contributed by atoms with Gasteiger partial charge in [-0.15, -0.1) is 0 Å². The molecule has 1 aromatic carbocycles. The molecule has 2 aromatic rings. The molecule has 0 fully saturated rings. The molecule has 0 bridgehead atoms. The van der Waals surface area contributed by atoms with E-state index in [1.807, 2.05) is 30.5 Å². The number of hydrogen-bond donors (Lipinski definition) is 0. The van der Waals surface area contributed by atoms with Crippen molar-refractivity contribution in [2.45, 2.75) is 19.4 Å². The van der Waals surface area contributed by atoms with E-state index in [9.17, 15) is 0 Å². The summed E-state index contributed by atoms with van der Waals surface area (Å²) in [5.74, 6) is 0. The third-order valence-corrected chi connectivity index (χ3v) is 2.81. The van der Waals surface area contributed by atoms with Crippen molar-refractivity contribution in [1.82, 2.24) is 4.98 Å². The van der Waals surface area contributed by atoms with Gasteiger partial charge in [0.2, 0.25) is 0 Å². The van der Waals surface area contributed by atoms with Crippen LogP contribution in [0.2, 0.25) is 0 Å². The molecule has 15 heavy (non-hydrogen) atoms. The minimum absolute atomic E-state index is 0.275. The maximum atomic E-state index is 5.50. The second kappa shape index (κ2) is 3.63. The van der Waals surface area contributed by atoms with E-state index in [1.165, 1.54) is 5.56 Å². The predicted molar refractivity (Wildman–Crippen MR) is 61.8 cm³/mol. The first-order chi connectivity index (χ1) is 7.15. The van der Waals surface area contributed by atoms with Crippen molar-refractivity contribution in [3.8, 4) is 0 Å². The third kappa shape index (κ3) is 1.73. The van der Waals surface area contributed by atoms with Gasteiger partial charge in [0.1, 0.15) is 0 Å². The van der Waals surface area contributed by atoms with Crippen molar-refractivity contribution in [2.24, 2.45) is 0 Å². The molecule has 1 aromatic heterocycles. The Labute approximate surface area is 89.9 Å². The number of rotatable bonds is 2. The standard InChI is InChI=1S/C13H15NO/c1-13(2,15-3)11-8-9-14-12-7-5-4-6-10(11)12/h4-9H,1-3H3. The van der Waals surface area contributed by atoms with Gasteiger partial charge in [-0.25, -0.2) is 0 Å². The summed E-state index contributed by atoms with van der Waals surface area (Å²) in [7, 11) is 1.73. The number of hydrogen-bond acceptors (Lipinski definition) is 2. The molecule has 0 aliphatic heterocycles. The number of benzene rings is 1. The Morgan fingerprint density at radius 1 is 1.13 bits per heavy atom. The summed E-state index contributed by atoms with van der Waals surface area (Å²) < 4.78 is 5.50. The minimum atomic E-state index is -0.275. The zero-order chi connectivity index (χ0) is 10.9. The summed E-state index contributed by atoms with van der Waals surface area (Å²) in [4.78, 5) is 4.33. The molecule has 0 amide bonds. The molecule has 0 N–H and O–H groups in total. The van der Waals surface area contributed by atoms with E-state index in [-0.39, 0.29) is 5.60 Å². The van der Waals surface area contributed by atoms with Gasteiger partial charge in [0.15, 0.2) is 0 Å². The largest absolute Gasteiger partial charge is 0.374 e. The highest BCUT2D eigenvalue weighted by Gasteiger charge is 2.21. The fraction of sp³-hybridized carbons (Fsp3) is 0.308. The first-order valence-electron chi connectivity index (χ1n) is 5.04. The SMILES string of the molecule is COC(C)(C)c1ccnc2ccccc12. The quantitative estimate of drug-likeness (QED) is 0.744. The van der Waals surface area contributed by atoms with Gasteiger partial charge >= 0.3 is 0 Å². The van der Waals surface area contributed by atoms with Gasteiger partial charge in [0.05, 0.1) is 11.1 Å². The molecule has 0 radical (unpaired) electrons. The Morgan fingerprint density at radius 2 is 1.87 bits per heavy atom. The Hall–Kier alpha value is -1.41. The zero-order valence-electron chi connectivity index (χ0n) is 9.32. The first kappa shape index (κ1) is 10.1. The normalized spacial score (nSPS) is 11.9. The number of fused-ring (bicyclic) bond motifs is 1. The topological polar surface area (TPSA) is 22.1 Å². The molecular formula is C13H15NO. The third-order valence-electron chi connectivity index (χ3n) is 2.81. The van der Waals surface area contributed by atoms with Crippen LogP contribution >= 0.6 is 0 Å². The molecule has 2 rings (SSSR count). The number of aromatic nitrogens is 1. The molecule has 0 saturated heterocycles. The molecule has 78 valence electrons. The lowest BCUT2D eigenvalue weighted by Gasteiger charge is -2.24. The number of ether oxygens (including phenoxy) is 1. The molecule has 0 atom stereocenters. The Kier molecular flexibility index (Phi) is 2.45. The molecule has 2 nitrogen and oxygen atoms in total. The summed E-state index contributed by atoms with van der Waals surface area (Å²) in [6, 6.07) is 10.1. The van der Waals surface area contributed by atoms with Crippen LogP contribution in [0.1, 0.15) is 19.4 Å². The van der Waals surface area contributed by atoms with E-state index in [0.29, 0.717) is 0 Å². The van der Waals surface area contributed by atoms with Crippen molar-refractivity contribution >= 4 is 10.9 Å². The molecular weight excluding hydrogens is 186 g/mol. The first-order valence-corrected chi connectivity index (χ1v) is 5.04. The summed E-state index contributed by atoms with van der Waals surface area (Å²) in [5.41, 5.74) is 1.92. The molecule has 0 unspecified atom stereocenters. The molecule has 0 aliphatic carbocycles. The van der Waals surface area contributed by atoms with Crippen LogP contribution in [0.3, 0.4) is 0 Å². The van der Waals surface area contributed by atoms with Crippen LogP contribution in [0.4, 0.5) is 0 Å².